The molecule has 0 aliphatic carbocycles. The molecule has 0 bridgehead atoms. The molecule has 0 atom stereocenters. The van der Waals surface area contributed by atoms with E-state index in [4.69, 9.17) is 0 Å². The first-order valence-electron chi connectivity index (χ1n) is 9.51. The van der Waals surface area contributed by atoms with E-state index in [1.54, 1.807) is 0 Å². The summed E-state index contributed by atoms with van der Waals surface area (Å²) in [5, 5.41) is 29.2. The van der Waals surface area contributed by atoms with Gasteiger partial charge >= 0.3 is 11.4 Å². The quantitative estimate of drug-likeness (QED) is 0.221. The molecule has 0 amide bonds. The van der Waals surface area contributed by atoms with Gasteiger partial charge in [0.05, 0.1) is 26.9 Å². The molecule has 0 aliphatic heterocycles. The lowest BCUT2D eigenvalue weighted by molar-refractivity contribution is -0.422. The van der Waals surface area contributed by atoms with Crippen molar-refractivity contribution < 1.29 is 9.85 Å². The molecule has 5 aromatic carbocycles. The van der Waals surface area contributed by atoms with Gasteiger partial charge in [0.2, 0.25) is 0 Å². The van der Waals surface area contributed by atoms with Gasteiger partial charge in [0.1, 0.15) is 5.82 Å². The topological polar surface area (TPSA) is 115 Å². The van der Waals surface area contributed by atoms with E-state index in [2.05, 4.69) is 40.3 Å². The minimum atomic E-state index is -0.762. The fourth-order valence-corrected chi connectivity index (χ4v) is 4.40. The summed E-state index contributed by atoms with van der Waals surface area (Å²) in [7, 11) is 0. The highest BCUT2D eigenvalue weighted by molar-refractivity contribution is 6.25. The van der Waals surface area contributed by atoms with Crippen LogP contribution in [-0.2, 0) is 0 Å². The van der Waals surface area contributed by atoms with Gasteiger partial charge in [-0.25, -0.2) is 4.98 Å². The van der Waals surface area contributed by atoms with Gasteiger partial charge in [-0.2, -0.15) is 0 Å². The van der Waals surface area contributed by atoms with E-state index in [9.17, 15) is 20.2 Å². The lowest BCUT2D eigenvalue weighted by Gasteiger charge is -2.12. The summed E-state index contributed by atoms with van der Waals surface area (Å²) in [6.07, 6.45) is 0. The van der Waals surface area contributed by atoms with Crippen LogP contribution in [0.5, 0.6) is 0 Å². The van der Waals surface area contributed by atoms with Crippen LogP contribution in [0.4, 0.5) is 11.4 Å². The molecule has 0 saturated carbocycles. The van der Waals surface area contributed by atoms with Crippen molar-refractivity contribution in [2.75, 3.05) is 0 Å². The number of fused-ring (bicyclic) bond motifs is 1. The van der Waals surface area contributed by atoms with Gasteiger partial charge in [-0.1, -0.05) is 54.6 Å². The summed E-state index contributed by atoms with van der Waals surface area (Å²) in [4.78, 5) is 28.7. The second-order valence-corrected chi connectivity index (χ2v) is 7.43. The lowest BCUT2D eigenvalue weighted by Crippen LogP contribution is -1.96. The Bertz CT molecular complexity index is 1640. The highest BCUT2D eigenvalue weighted by Gasteiger charge is 2.26. The molecule has 0 saturated heterocycles. The molecule has 148 valence electrons. The van der Waals surface area contributed by atoms with Crippen molar-refractivity contribution in [3.8, 4) is 11.4 Å². The van der Waals surface area contributed by atoms with Crippen LogP contribution in [0.3, 0.4) is 0 Å². The Kier molecular flexibility index (Phi) is 3.32. The lowest BCUT2D eigenvalue weighted by atomic mass is 9.92. The van der Waals surface area contributed by atoms with Crippen LogP contribution < -0.4 is 0 Å². The standard InChI is InChI=1S/C23H12N4O4/c28-26(29)19-10-17-18(11-20(19)27(30)31)25-23(24-17)16-9-7-14-5-4-12-2-1-3-13-6-8-15(16)22(14)21(12)13/h1-11H,(H,24,25). The number of nitrogens with zero attached hydrogens (tertiary/aromatic N) is 3. The van der Waals surface area contributed by atoms with E-state index in [0.29, 0.717) is 16.9 Å². The number of nitro benzene ring substituents is 2. The van der Waals surface area contributed by atoms with Gasteiger partial charge < -0.3 is 4.98 Å². The Hall–Kier alpha value is -4.59. The van der Waals surface area contributed by atoms with E-state index in [-0.39, 0.29) is 0 Å². The van der Waals surface area contributed by atoms with Crippen molar-refractivity contribution in [3.63, 3.8) is 0 Å². The van der Waals surface area contributed by atoms with Crippen LogP contribution in [0.1, 0.15) is 0 Å². The molecule has 6 aromatic rings. The van der Waals surface area contributed by atoms with Gasteiger partial charge in [0, 0.05) is 11.6 Å². The number of H-pyrrole nitrogens is 1. The third kappa shape index (κ3) is 2.39. The summed E-state index contributed by atoms with van der Waals surface area (Å²) >= 11 is 0. The summed E-state index contributed by atoms with van der Waals surface area (Å²) in [6.45, 7) is 0. The van der Waals surface area contributed by atoms with Crippen molar-refractivity contribution in [1.29, 1.82) is 0 Å². The Morgan fingerprint density at radius 2 is 1.35 bits per heavy atom. The number of imidazole rings is 1. The molecular formula is C23H12N4O4. The number of aromatic nitrogens is 2. The van der Waals surface area contributed by atoms with E-state index in [1.165, 1.54) is 11.5 Å². The maximum atomic E-state index is 11.3. The summed E-state index contributed by atoms with van der Waals surface area (Å²) in [5.41, 5.74) is 0.359. The molecule has 0 spiro atoms. The van der Waals surface area contributed by atoms with E-state index in [0.717, 1.165) is 38.6 Å². The first-order valence-corrected chi connectivity index (χ1v) is 9.51. The molecule has 1 N–H and O–H groups in total. The van der Waals surface area contributed by atoms with E-state index < -0.39 is 21.2 Å². The zero-order valence-corrected chi connectivity index (χ0v) is 15.8. The Morgan fingerprint density at radius 3 is 2.06 bits per heavy atom. The average Bonchev–Trinajstić information content (AvgIpc) is 3.19. The van der Waals surface area contributed by atoms with Crippen molar-refractivity contribution in [1.82, 2.24) is 9.97 Å². The van der Waals surface area contributed by atoms with Crippen LogP contribution in [0.25, 0.3) is 54.7 Å². The van der Waals surface area contributed by atoms with Crippen LogP contribution in [0.2, 0.25) is 0 Å². The van der Waals surface area contributed by atoms with Gasteiger partial charge in [-0.15, -0.1) is 0 Å². The van der Waals surface area contributed by atoms with E-state index >= 15 is 0 Å². The summed E-state index contributed by atoms with van der Waals surface area (Å²) in [5.74, 6) is 0.503. The maximum absolute atomic E-state index is 11.3. The predicted octanol–water partition coefficient (Wildman–Crippen LogP) is 5.94. The zero-order chi connectivity index (χ0) is 21.3. The van der Waals surface area contributed by atoms with Gasteiger partial charge in [0.25, 0.3) is 0 Å². The van der Waals surface area contributed by atoms with Crippen LogP contribution >= 0.6 is 0 Å². The van der Waals surface area contributed by atoms with E-state index in [1.807, 2.05) is 24.3 Å². The molecule has 0 unspecified atom stereocenters. The van der Waals surface area contributed by atoms with Gasteiger partial charge in [-0.05, 0) is 32.3 Å². The van der Waals surface area contributed by atoms with Crippen molar-refractivity contribution in [2.45, 2.75) is 0 Å². The molecule has 0 aliphatic rings. The van der Waals surface area contributed by atoms with Crippen molar-refractivity contribution in [3.05, 3.63) is 87.0 Å². The van der Waals surface area contributed by atoms with Crippen LogP contribution in [0.15, 0.2) is 66.7 Å². The first kappa shape index (κ1) is 17.3. The third-order valence-corrected chi connectivity index (χ3v) is 5.76. The fraction of sp³-hybridized carbons (Fsp3) is 0. The number of rotatable bonds is 3. The van der Waals surface area contributed by atoms with Gasteiger partial charge in [-0.3, -0.25) is 20.2 Å². The Balaban J connectivity index is 1.66. The number of hydrogen-bond acceptors (Lipinski definition) is 5. The fourth-order valence-electron chi connectivity index (χ4n) is 4.40. The summed E-state index contributed by atoms with van der Waals surface area (Å²) < 4.78 is 0. The minimum absolute atomic E-state index is 0.304. The second-order valence-electron chi connectivity index (χ2n) is 7.43. The molecule has 1 heterocycles. The Morgan fingerprint density at radius 1 is 0.742 bits per heavy atom. The molecule has 31 heavy (non-hydrogen) atoms. The van der Waals surface area contributed by atoms with Crippen molar-refractivity contribution in [2.24, 2.45) is 0 Å². The van der Waals surface area contributed by atoms with Crippen LogP contribution in [0, 0.1) is 20.2 Å². The molecule has 8 heteroatoms. The van der Waals surface area contributed by atoms with Crippen molar-refractivity contribution >= 4 is 54.7 Å². The monoisotopic (exact) mass is 408 g/mol. The minimum Gasteiger partial charge on any atom is -0.338 e. The van der Waals surface area contributed by atoms with Gasteiger partial charge in [0.15, 0.2) is 0 Å². The molecule has 8 nitrogen and oxygen atoms in total. The predicted molar refractivity (Wildman–Crippen MR) is 119 cm³/mol. The highest BCUT2D eigenvalue weighted by Crippen LogP contribution is 2.39. The smallest absolute Gasteiger partial charge is 0.338 e. The zero-order valence-electron chi connectivity index (χ0n) is 15.8. The first-order chi connectivity index (χ1) is 15.0. The number of nitro groups is 2. The number of hydrogen-bond donors (Lipinski definition) is 1. The second kappa shape index (κ2) is 5.96. The molecule has 1 aromatic heterocycles. The number of nitrogens with one attached hydrogen (secondary N) is 1. The molecule has 0 radical (unpaired) electrons. The largest absolute Gasteiger partial charge is 0.348 e. The highest BCUT2D eigenvalue weighted by atomic mass is 16.6. The molecule has 0 fully saturated rings. The summed E-state index contributed by atoms with van der Waals surface area (Å²) in [6, 6.07) is 20.7. The molecule has 6 rings (SSSR count). The number of benzene rings is 5. The number of aromatic amines is 1. The Labute approximate surface area is 173 Å². The third-order valence-electron chi connectivity index (χ3n) is 5.76. The maximum Gasteiger partial charge on any atom is 0.348 e. The average molecular weight is 408 g/mol. The normalized spacial score (nSPS) is 11.7. The molecular weight excluding hydrogens is 396 g/mol. The SMILES string of the molecule is O=[N+]([O-])c1cc2nc(-c3ccc4ccc5cccc6ccc3c4c56)[nH]c2cc1[N+](=O)[O-]. The van der Waals surface area contributed by atoms with Crippen LogP contribution in [-0.4, -0.2) is 19.8 Å².